The van der Waals surface area contributed by atoms with E-state index >= 15 is 0 Å². The fourth-order valence-corrected chi connectivity index (χ4v) is 2.11. The highest BCUT2D eigenvalue weighted by atomic mass is 19.1. The molecular weight excluding hydrogens is 195 g/mol. The van der Waals surface area contributed by atoms with Gasteiger partial charge in [0.05, 0.1) is 12.5 Å². The molecule has 0 saturated heterocycles. The van der Waals surface area contributed by atoms with Gasteiger partial charge in [-0.05, 0) is 30.5 Å². The Morgan fingerprint density at radius 2 is 1.93 bits per heavy atom. The van der Waals surface area contributed by atoms with Gasteiger partial charge in [-0.25, -0.2) is 4.39 Å². The quantitative estimate of drug-likeness (QED) is 0.698. The van der Waals surface area contributed by atoms with E-state index in [1.807, 2.05) is 0 Å². The molecule has 0 aliphatic heterocycles. The SMILES string of the molecule is COC(=O)C1(c2ccc(F)cc2)CCC1. The summed E-state index contributed by atoms with van der Waals surface area (Å²) in [5.74, 6) is -0.488. The van der Waals surface area contributed by atoms with Crippen molar-refractivity contribution in [2.45, 2.75) is 24.7 Å². The number of carbonyl (C=O) groups excluding carboxylic acids is 1. The van der Waals surface area contributed by atoms with Gasteiger partial charge in [0.2, 0.25) is 0 Å². The predicted octanol–water partition coefficient (Wildman–Crippen LogP) is 2.42. The minimum absolute atomic E-state index is 0.208. The van der Waals surface area contributed by atoms with E-state index in [1.54, 1.807) is 12.1 Å². The summed E-state index contributed by atoms with van der Waals surface area (Å²) in [5, 5.41) is 0. The molecule has 0 bridgehead atoms. The Labute approximate surface area is 88.1 Å². The number of hydrogen-bond donors (Lipinski definition) is 0. The molecule has 15 heavy (non-hydrogen) atoms. The highest BCUT2D eigenvalue weighted by molar-refractivity contribution is 5.84. The molecule has 1 aromatic rings. The third-order valence-corrected chi connectivity index (χ3v) is 3.18. The molecule has 0 radical (unpaired) electrons. The lowest BCUT2D eigenvalue weighted by Crippen LogP contribution is -2.43. The van der Waals surface area contributed by atoms with Gasteiger partial charge in [-0.1, -0.05) is 18.6 Å². The summed E-state index contributed by atoms with van der Waals surface area (Å²) in [4.78, 5) is 11.7. The first-order valence-corrected chi connectivity index (χ1v) is 5.03. The second kappa shape index (κ2) is 3.65. The van der Waals surface area contributed by atoms with Crippen molar-refractivity contribution in [3.05, 3.63) is 35.6 Å². The minimum Gasteiger partial charge on any atom is -0.468 e. The van der Waals surface area contributed by atoms with Crippen molar-refractivity contribution in [3.8, 4) is 0 Å². The lowest BCUT2D eigenvalue weighted by atomic mass is 9.64. The number of esters is 1. The van der Waals surface area contributed by atoms with Gasteiger partial charge in [0, 0.05) is 0 Å². The molecule has 2 rings (SSSR count). The Morgan fingerprint density at radius 1 is 1.33 bits per heavy atom. The molecule has 0 spiro atoms. The van der Waals surface area contributed by atoms with Gasteiger partial charge in [-0.3, -0.25) is 4.79 Å². The van der Waals surface area contributed by atoms with E-state index in [0.29, 0.717) is 0 Å². The lowest BCUT2D eigenvalue weighted by Gasteiger charge is -2.39. The fourth-order valence-electron chi connectivity index (χ4n) is 2.11. The summed E-state index contributed by atoms with van der Waals surface area (Å²) in [6.45, 7) is 0. The van der Waals surface area contributed by atoms with E-state index in [9.17, 15) is 9.18 Å². The molecule has 0 N–H and O–H groups in total. The third-order valence-electron chi connectivity index (χ3n) is 3.18. The van der Waals surface area contributed by atoms with Gasteiger partial charge in [-0.15, -0.1) is 0 Å². The van der Waals surface area contributed by atoms with E-state index in [2.05, 4.69) is 0 Å². The van der Waals surface area contributed by atoms with E-state index < -0.39 is 5.41 Å². The standard InChI is InChI=1S/C12H13FO2/c1-15-11(14)12(7-2-8-12)9-3-5-10(13)6-4-9/h3-6H,2,7-8H2,1H3. The van der Waals surface area contributed by atoms with Crippen LogP contribution in [0, 0.1) is 5.82 Å². The number of carbonyl (C=O) groups is 1. The van der Waals surface area contributed by atoms with E-state index in [0.717, 1.165) is 24.8 Å². The number of halogens is 1. The summed E-state index contributed by atoms with van der Waals surface area (Å²) in [5.41, 5.74) is 0.352. The maximum Gasteiger partial charge on any atom is 0.316 e. The second-order valence-electron chi connectivity index (χ2n) is 3.93. The summed E-state index contributed by atoms with van der Waals surface area (Å²) in [7, 11) is 1.39. The van der Waals surface area contributed by atoms with Crippen molar-refractivity contribution in [3.63, 3.8) is 0 Å². The highest BCUT2D eigenvalue weighted by Crippen LogP contribution is 2.44. The summed E-state index contributed by atoms with van der Waals surface area (Å²) in [6.07, 6.45) is 2.61. The largest absolute Gasteiger partial charge is 0.468 e. The van der Waals surface area contributed by atoms with Gasteiger partial charge in [0.1, 0.15) is 5.82 Å². The van der Waals surface area contributed by atoms with Crippen molar-refractivity contribution >= 4 is 5.97 Å². The average Bonchev–Trinajstić information content (AvgIpc) is 2.19. The highest BCUT2D eigenvalue weighted by Gasteiger charge is 2.46. The maximum atomic E-state index is 12.8. The van der Waals surface area contributed by atoms with Crippen LogP contribution in [0.15, 0.2) is 24.3 Å². The van der Waals surface area contributed by atoms with E-state index in [4.69, 9.17) is 4.74 Å². The number of ether oxygens (including phenoxy) is 1. The molecule has 0 aromatic heterocycles. The molecule has 1 aliphatic carbocycles. The molecule has 1 aromatic carbocycles. The zero-order chi connectivity index (χ0) is 10.9. The monoisotopic (exact) mass is 208 g/mol. The molecule has 3 heteroatoms. The van der Waals surface area contributed by atoms with Crippen LogP contribution in [0.4, 0.5) is 4.39 Å². The topological polar surface area (TPSA) is 26.3 Å². The molecule has 0 amide bonds. The normalized spacial score (nSPS) is 18.0. The molecule has 0 atom stereocenters. The predicted molar refractivity (Wildman–Crippen MR) is 53.9 cm³/mol. The van der Waals surface area contributed by atoms with Crippen LogP contribution in [0.1, 0.15) is 24.8 Å². The molecule has 1 aliphatic rings. The molecule has 80 valence electrons. The van der Waals surface area contributed by atoms with Crippen LogP contribution in [0.5, 0.6) is 0 Å². The van der Waals surface area contributed by atoms with Crippen LogP contribution in [-0.2, 0) is 14.9 Å². The van der Waals surface area contributed by atoms with Crippen LogP contribution in [-0.4, -0.2) is 13.1 Å². The molecule has 0 heterocycles. The average molecular weight is 208 g/mol. The van der Waals surface area contributed by atoms with Crippen molar-refractivity contribution in [1.29, 1.82) is 0 Å². The lowest BCUT2D eigenvalue weighted by molar-refractivity contribution is -0.151. The number of hydrogen-bond acceptors (Lipinski definition) is 2. The summed E-state index contributed by atoms with van der Waals surface area (Å²) < 4.78 is 17.6. The molecule has 1 fully saturated rings. The van der Waals surface area contributed by atoms with Gasteiger partial charge in [0.15, 0.2) is 0 Å². The van der Waals surface area contributed by atoms with Gasteiger partial charge in [-0.2, -0.15) is 0 Å². The number of rotatable bonds is 2. The Bertz CT molecular complexity index is 366. The number of benzene rings is 1. The smallest absolute Gasteiger partial charge is 0.316 e. The third kappa shape index (κ3) is 1.52. The van der Waals surface area contributed by atoms with E-state index in [-0.39, 0.29) is 11.8 Å². The maximum absolute atomic E-state index is 12.8. The van der Waals surface area contributed by atoms with Crippen molar-refractivity contribution in [2.75, 3.05) is 7.11 Å². The van der Waals surface area contributed by atoms with Crippen molar-refractivity contribution < 1.29 is 13.9 Å². The van der Waals surface area contributed by atoms with Crippen LogP contribution in [0.3, 0.4) is 0 Å². The van der Waals surface area contributed by atoms with Crippen LogP contribution in [0.2, 0.25) is 0 Å². The molecular formula is C12H13FO2. The second-order valence-corrected chi connectivity index (χ2v) is 3.93. The first kappa shape index (κ1) is 10.1. The Morgan fingerprint density at radius 3 is 2.33 bits per heavy atom. The first-order chi connectivity index (χ1) is 7.19. The van der Waals surface area contributed by atoms with Gasteiger partial charge in [0.25, 0.3) is 0 Å². The Hall–Kier alpha value is -1.38. The van der Waals surface area contributed by atoms with Crippen LogP contribution < -0.4 is 0 Å². The molecule has 2 nitrogen and oxygen atoms in total. The van der Waals surface area contributed by atoms with Crippen LogP contribution in [0.25, 0.3) is 0 Å². The van der Waals surface area contributed by atoms with Gasteiger partial charge < -0.3 is 4.74 Å². The zero-order valence-electron chi connectivity index (χ0n) is 8.63. The van der Waals surface area contributed by atoms with Crippen LogP contribution >= 0.6 is 0 Å². The summed E-state index contributed by atoms with van der Waals surface area (Å²) >= 11 is 0. The first-order valence-electron chi connectivity index (χ1n) is 5.03. The van der Waals surface area contributed by atoms with Crippen molar-refractivity contribution in [2.24, 2.45) is 0 Å². The fraction of sp³-hybridized carbons (Fsp3) is 0.417. The molecule has 1 saturated carbocycles. The number of methoxy groups -OCH3 is 1. The van der Waals surface area contributed by atoms with Gasteiger partial charge >= 0.3 is 5.97 Å². The Kier molecular flexibility index (Phi) is 2.47. The van der Waals surface area contributed by atoms with E-state index in [1.165, 1.54) is 19.2 Å². The van der Waals surface area contributed by atoms with Crippen molar-refractivity contribution in [1.82, 2.24) is 0 Å². The summed E-state index contributed by atoms with van der Waals surface area (Å²) in [6, 6.07) is 6.12. The molecule has 0 unspecified atom stereocenters. The Balaban J connectivity index is 2.34. The zero-order valence-corrected chi connectivity index (χ0v) is 8.63. The minimum atomic E-state index is -0.511.